The predicted molar refractivity (Wildman–Crippen MR) is 71.3 cm³/mol. The van der Waals surface area contributed by atoms with Gasteiger partial charge in [-0.15, -0.1) is 0 Å². The zero-order chi connectivity index (χ0) is 11.5. The second-order valence-corrected chi connectivity index (χ2v) is 4.12. The van der Waals surface area contributed by atoms with Crippen molar-refractivity contribution < 1.29 is 0 Å². The smallest absolute Gasteiger partial charge is 0.0248 e. The Morgan fingerprint density at radius 1 is 0.706 bits per heavy atom. The maximum Gasteiger partial charge on any atom is 0.0248 e. The molecule has 0 heteroatoms. The molecule has 0 fully saturated rings. The highest BCUT2D eigenvalue weighted by molar-refractivity contribution is 5.87. The number of allylic oxidation sites excluding steroid dienone is 2. The lowest BCUT2D eigenvalue weighted by atomic mass is 10.2. The minimum Gasteiger partial charge on any atom is -0.0654 e. The van der Waals surface area contributed by atoms with Crippen LogP contribution in [-0.2, 0) is 0 Å². The van der Waals surface area contributed by atoms with Crippen LogP contribution >= 0.6 is 0 Å². The summed E-state index contributed by atoms with van der Waals surface area (Å²) in [5, 5.41) is 0. The zero-order valence-corrected chi connectivity index (χ0v) is 9.48. The zero-order valence-electron chi connectivity index (χ0n) is 9.48. The van der Waals surface area contributed by atoms with Crippen LogP contribution < -0.4 is 0 Å². The lowest BCUT2D eigenvalue weighted by molar-refractivity contribution is 1.57. The Labute approximate surface area is 102 Å². The molecule has 0 radical (unpaired) electrons. The summed E-state index contributed by atoms with van der Waals surface area (Å²) in [5.74, 6) is 6.45. The Morgan fingerprint density at radius 2 is 1.35 bits per heavy atom. The Bertz CT molecular complexity index is 607. The first kappa shape index (κ1) is 9.93. The molecule has 0 saturated carbocycles. The Morgan fingerprint density at radius 3 is 2.06 bits per heavy atom. The minimum atomic E-state index is 1.05. The van der Waals surface area contributed by atoms with Gasteiger partial charge in [0.1, 0.15) is 0 Å². The van der Waals surface area contributed by atoms with Crippen LogP contribution in [0.4, 0.5) is 0 Å². The summed E-state index contributed by atoms with van der Waals surface area (Å²) in [6.07, 6.45) is 1.05. The molecule has 0 unspecified atom stereocenters. The summed E-state index contributed by atoms with van der Waals surface area (Å²) in [7, 11) is 0. The molecule has 0 aliphatic heterocycles. The Hall–Kier alpha value is -2.26. The van der Waals surface area contributed by atoms with Gasteiger partial charge in [0.25, 0.3) is 0 Å². The van der Waals surface area contributed by atoms with Crippen molar-refractivity contribution in [1.29, 1.82) is 0 Å². The summed E-state index contributed by atoms with van der Waals surface area (Å²) >= 11 is 0. The van der Waals surface area contributed by atoms with Gasteiger partial charge in [-0.1, -0.05) is 60.4 Å². The molecule has 2 aromatic carbocycles. The molecule has 0 saturated heterocycles. The van der Waals surface area contributed by atoms with Crippen molar-refractivity contribution in [2.45, 2.75) is 6.42 Å². The van der Waals surface area contributed by atoms with Crippen LogP contribution in [0, 0.1) is 11.8 Å². The van der Waals surface area contributed by atoms with Gasteiger partial charge in [-0.05, 0) is 23.3 Å². The van der Waals surface area contributed by atoms with Crippen LogP contribution in [0.2, 0.25) is 0 Å². The van der Waals surface area contributed by atoms with Crippen molar-refractivity contribution in [3.8, 4) is 11.8 Å². The van der Waals surface area contributed by atoms with E-state index in [2.05, 4.69) is 36.1 Å². The van der Waals surface area contributed by atoms with Gasteiger partial charge in [-0.25, -0.2) is 0 Å². The first-order valence-electron chi connectivity index (χ1n) is 5.78. The van der Waals surface area contributed by atoms with E-state index in [0.717, 1.165) is 12.0 Å². The molecule has 1 aliphatic rings. The second kappa shape index (κ2) is 4.31. The third kappa shape index (κ3) is 2.29. The molecule has 80 valence electrons. The molecule has 17 heavy (non-hydrogen) atoms. The van der Waals surface area contributed by atoms with Crippen LogP contribution in [0.3, 0.4) is 0 Å². The standard InChI is InChI=1S/C17H12/c1-3-7-14(8-4-1)11-12-16-13-17(16)15-9-5-2-6-10-15/h1-10H,13H2. The second-order valence-electron chi connectivity index (χ2n) is 4.12. The predicted octanol–water partition coefficient (Wildman–Crippen LogP) is 3.90. The van der Waals surface area contributed by atoms with Crippen LogP contribution in [-0.4, -0.2) is 0 Å². The van der Waals surface area contributed by atoms with Crippen LogP contribution in [0.25, 0.3) is 5.57 Å². The van der Waals surface area contributed by atoms with Crippen molar-refractivity contribution in [2.24, 2.45) is 0 Å². The molecule has 0 spiro atoms. The van der Waals surface area contributed by atoms with Gasteiger partial charge in [-0.3, -0.25) is 0 Å². The van der Waals surface area contributed by atoms with E-state index in [1.54, 1.807) is 0 Å². The van der Waals surface area contributed by atoms with Crippen molar-refractivity contribution in [3.63, 3.8) is 0 Å². The largest absolute Gasteiger partial charge is 0.0654 e. The monoisotopic (exact) mass is 216 g/mol. The molecule has 0 amide bonds. The fourth-order valence-corrected chi connectivity index (χ4v) is 1.84. The van der Waals surface area contributed by atoms with Gasteiger partial charge in [-0.2, -0.15) is 0 Å². The molecule has 0 nitrogen and oxygen atoms in total. The lowest BCUT2D eigenvalue weighted by Gasteiger charge is -1.89. The first-order chi connectivity index (χ1) is 8.43. The normalized spacial score (nSPS) is 12.9. The molecule has 0 atom stereocenters. The summed E-state index contributed by atoms with van der Waals surface area (Å²) in [6, 6.07) is 20.6. The van der Waals surface area contributed by atoms with E-state index in [1.165, 1.54) is 16.7 Å². The van der Waals surface area contributed by atoms with Gasteiger partial charge in [0.2, 0.25) is 0 Å². The number of hydrogen-bond acceptors (Lipinski definition) is 0. The molecular formula is C17H12. The number of hydrogen-bond donors (Lipinski definition) is 0. The van der Waals surface area contributed by atoms with Crippen LogP contribution in [0.15, 0.2) is 66.2 Å². The highest BCUT2D eigenvalue weighted by atomic mass is 14.2. The molecule has 0 bridgehead atoms. The van der Waals surface area contributed by atoms with E-state index in [1.807, 2.05) is 36.4 Å². The highest BCUT2D eigenvalue weighted by Gasteiger charge is 2.20. The number of rotatable bonds is 1. The summed E-state index contributed by atoms with van der Waals surface area (Å²) in [6.45, 7) is 0. The Kier molecular flexibility index (Phi) is 2.52. The molecule has 0 heterocycles. The third-order valence-electron chi connectivity index (χ3n) is 2.85. The SMILES string of the molecule is C(#Cc1ccccc1)C1=C(c2ccccc2)C1. The third-order valence-corrected chi connectivity index (χ3v) is 2.85. The van der Waals surface area contributed by atoms with Crippen LogP contribution in [0.5, 0.6) is 0 Å². The van der Waals surface area contributed by atoms with Gasteiger partial charge < -0.3 is 0 Å². The summed E-state index contributed by atoms with van der Waals surface area (Å²) < 4.78 is 0. The molecule has 2 aromatic rings. The van der Waals surface area contributed by atoms with E-state index in [4.69, 9.17) is 0 Å². The average molecular weight is 216 g/mol. The molecular weight excluding hydrogens is 204 g/mol. The Balaban J connectivity index is 1.82. The fraction of sp³-hybridized carbons (Fsp3) is 0.0588. The number of benzene rings is 2. The van der Waals surface area contributed by atoms with Crippen molar-refractivity contribution in [3.05, 3.63) is 77.4 Å². The van der Waals surface area contributed by atoms with E-state index >= 15 is 0 Å². The van der Waals surface area contributed by atoms with E-state index in [9.17, 15) is 0 Å². The van der Waals surface area contributed by atoms with Crippen molar-refractivity contribution in [2.75, 3.05) is 0 Å². The van der Waals surface area contributed by atoms with Gasteiger partial charge in [0, 0.05) is 17.6 Å². The van der Waals surface area contributed by atoms with E-state index in [0.29, 0.717) is 0 Å². The van der Waals surface area contributed by atoms with Crippen molar-refractivity contribution in [1.82, 2.24) is 0 Å². The van der Waals surface area contributed by atoms with Gasteiger partial charge >= 0.3 is 0 Å². The minimum absolute atomic E-state index is 1.05. The fourth-order valence-electron chi connectivity index (χ4n) is 1.84. The van der Waals surface area contributed by atoms with Gasteiger partial charge in [0.15, 0.2) is 0 Å². The topological polar surface area (TPSA) is 0 Å². The summed E-state index contributed by atoms with van der Waals surface area (Å²) in [5.41, 5.74) is 5.07. The summed E-state index contributed by atoms with van der Waals surface area (Å²) in [4.78, 5) is 0. The van der Waals surface area contributed by atoms with Gasteiger partial charge in [0.05, 0.1) is 0 Å². The molecule has 1 aliphatic carbocycles. The highest BCUT2D eigenvalue weighted by Crippen LogP contribution is 2.39. The van der Waals surface area contributed by atoms with E-state index in [-0.39, 0.29) is 0 Å². The molecule has 0 N–H and O–H groups in total. The quantitative estimate of drug-likeness (QED) is 0.634. The lowest BCUT2D eigenvalue weighted by Crippen LogP contribution is -1.70. The van der Waals surface area contributed by atoms with E-state index < -0.39 is 0 Å². The maximum absolute atomic E-state index is 3.25. The molecule has 0 aromatic heterocycles. The molecule has 3 rings (SSSR count). The average Bonchev–Trinajstić information content (AvgIpc) is 3.18. The first-order valence-corrected chi connectivity index (χ1v) is 5.78. The maximum atomic E-state index is 3.25. The van der Waals surface area contributed by atoms with Crippen molar-refractivity contribution >= 4 is 5.57 Å². The van der Waals surface area contributed by atoms with Crippen LogP contribution in [0.1, 0.15) is 17.5 Å².